The van der Waals surface area contributed by atoms with Crippen LogP contribution in [0.1, 0.15) is 6.92 Å². The number of rotatable bonds is 2. The van der Waals surface area contributed by atoms with Crippen molar-refractivity contribution in [3.05, 3.63) is 97.6 Å². The van der Waals surface area contributed by atoms with Crippen LogP contribution in [-0.4, -0.2) is 0 Å². The van der Waals surface area contributed by atoms with E-state index in [1.54, 1.807) is 6.08 Å². The number of hydrogen-bond donors (Lipinski definition) is 0. The van der Waals surface area contributed by atoms with Crippen molar-refractivity contribution >= 4 is 0 Å². The van der Waals surface area contributed by atoms with E-state index < -0.39 is 0 Å². The molecule has 0 bridgehead atoms. The van der Waals surface area contributed by atoms with Crippen LogP contribution < -0.4 is 0 Å². The fourth-order valence-electron chi connectivity index (χ4n) is 2.22. The highest BCUT2D eigenvalue weighted by molar-refractivity contribution is 5.83. The first-order valence-corrected chi connectivity index (χ1v) is 7.13. The summed E-state index contributed by atoms with van der Waals surface area (Å²) in [6.07, 6.45) is 1.75. The molecular formula is C21H20. The predicted octanol–water partition coefficient (Wildman–Crippen LogP) is 6.21. The molecule has 0 aliphatic carbocycles. The maximum absolute atomic E-state index is 3.36. The standard InChI is InChI=1S/C18H14.C3H6/c1-3-9-15(10-4-1)17-13-7-8-14-18(17)16-11-5-2-6-12-16;1-3-2/h1-14H;3H,1H2,2H3. The smallest absolute Gasteiger partial charge is 0.0105 e. The molecule has 0 atom stereocenters. The summed E-state index contributed by atoms with van der Waals surface area (Å²) in [6.45, 7) is 5.25. The first kappa shape index (κ1) is 14.8. The topological polar surface area (TPSA) is 0 Å². The second-order valence-electron chi connectivity index (χ2n) is 4.69. The van der Waals surface area contributed by atoms with Gasteiger partial charge in [-0.15, -0.1) is 6.58 Å². The van der Waals surface area contributed by atoms with Crippen LogP contribution in [0.4, 0.5) is 0 Å². The molecule has 0 aliphatic heterocycles. The van der Waals surface area contributed by atoms with Gasteiger partial charge in [0.15, 0.2) is 0 Å². The van der Waals surface area contributed by atoms with E-state index in [9.17, 15) is 0 Å². The van der Waals surface area contributed by atoms with Crippen LogP contribution in [0.2, 0.25) is 0 Å². The maximum atomic E-state index is 3.36. The lowest BCUT2D eigenvalue weighted by atomic mass is 9.95. The average Bonchev–Trinajstić information content (AvgIpc) is 2.57. The van der Waals surface area contributed by atoms with E-state index in [4.69, 9.17) is 0 Å². The third-order valence-corrected chi connectivity index (χ3v) is 3.10. The minimum absolute atomic E-state index is 1.26. The molecule has 0 nitrogen and oxygen atoms in total. The van der Waals surface area contributed by atoms with Crippen LogP contribution in [0.15, 0.2) is 97.6 Å². The molecule has 3 aromatic rings. The van der Waals surface area contributed by atoms with Gasteiger partial charge in [-0.2, -0.15) is 0 Å². The average molecular weight is 272 g/mol. The Labute approximate surface area is 127 Å². The largest absolute Gasteiger partial charge is 0.103 e. The van der Waals surface area contributed by atoms with Gasteiger partial charge in [-0.05, 0) is 29.2 Å². The molecule has 0 aromatic heterocycles. The van der Waals surface area contributed by atoms with Crippen molar-refractivity contribution in [2.75, 3.05) is 0 Å². The number of hydrogen-bond acceptors (Lipinski definition) is 0. The van der Waals surface area contributed by atoms with Crippen molar-refractivity contribution in [3.8, 4) is 22.3 Å². The van der Waals surface area contributed by atoms with E-state index in [0.29, 0.717) is 0 Å². The summed E-state index contributed by atoms with van der Waals surface area (Å²) in [7, 11) is 0. The zero-order valence-corrected chi connectivity index (χ0v) is 12.4. The van der Waals surface area contributed by atoms with Crippen LogP contribution >= 0.6 is 0 Å². The van der Waals surface area contributed by atoms with E-state index in [-0.39, 0.29) is 0 Å². The molecule has 0 saturated carbocycles. The first-order chi connectivity index (χ1) is 10.4. The van der Waals surface area contributed by atoms with Gasteiger partial charge in [0, 0.05) is 0 Å². The number of benzene rings is 3. The maximum Gasteiger partial charge on any atom is -0.0105 e. The molecule has 0 amide bonds. The van der Waals surface area contributed by atoms with E-state index in [0.717, 1.165) is 0 Å². The Morgan fingerprint density at radius 2 is 0.857 bits per heavy atom. The molecule has 3 aromatic carbocycles. The van der Waals surface area contributed by atoms with E-state index in [2.05, 4.69) is 91.5 Å². The van der Waals surface area contributed by atoms with Gasteiger partial charge in [0.1, 0.15) is 0 Å². The highest BCUT2D eigenvalue weighted by Gasteiger charge is 2.05. The van der Waals surface area contributed by atoms with E-state index >= 15 is 0 Å². The summed E-state index contributed by atoms with van der Waals surface area (Å²) in [6, 6.07) is 29.6. The van der Waals surface area contributed by atoms with Crippen LogP contribution in [0.5, 0.6) is 0 Å². The van der Waals surface area contributed by atoms with Gasteiger partial charge in [-0.25, -0.2) is 0 Å². The molecule has 0 spiro atoms. The Balaban J connectivity index is 0.000000497. The molecule has 104 valence electrons. The second-order valence-corrected chi connectivity index (χ2v) is 4.69. The molecule has 0 fully saturated rings. The molecule has 0 heteroatoms. The molecule has 0 radical (unpaired) electrons. The van der Waals surface area contributed by atoms with Crippen molar-refractivity contribution in [2.45, 2.75) is 6.92 Å². The van der Waals surface area contributed by atoms with Crippen LogP contribution in [0.3, 0.4) is 0 Å². The predicted molar refractivity (Wildman–Crippen MR) is 93.2 cm³/mol. The molecule has 0 heterocycles. The third-order valence-electron chi connectivity index (χ3n) is 3.10. The Hall–Kier alpha value is -2.60. The molecular weight excluding hydrogens is 252 g/mol. The van der Waals surface area contributed by atoms with Crippen molar-refractivity contribution in [1.29, 1.82) is 0 Å². The van der Waals surface area contributed by atoms with Crippen LogP contribution in [0.25, 0.3) is 22.3 Å². The van der Waals surface area contributed by atoms with Gasteiger partial charge in [-0.1, -0.05) is 91.0 Å². The Bertz CT molecular complexity index is 608. The van der Waals surface area contributed by atoms with Crippen molar-refractivity contribution in [3.63, 3.8) is 0 Å². The highest BCUT2D eigenvalue weighted by Crippen LogP contribution is 2.31. The van der Waals surface area contributed by atoms with Gasteiger partial charge in [0.2, 0.25) is 0 Å². The summed E-state index contributed by atoms with van der Waals surface area (Å²) in [4.78, 5) is 0. The van der Waals surface area contributed by atoms with Gasteiger partial charge in [0.25, 0.3) is 0 Å². The number of allylic oxidation sites excluding steroid dienone is 1. The van der Waals surface area contributed by atoms with Crippen molar-refractivity contribution in [1.82, 2.24) is 0 Å². The Morgan fingerprint density at radius 3 is 1.19 bits per heavy atom. The molecule has 0 N–H and O–H groups in total. The summed E-state index contributed by atoms with van der Waals surface area (Å²) < 4.78 is 0. The molecule has 0 saturated heterocycles. The Morgan fingerprint density at radius 1 is 0.571 bits per heavy atom. The van der Waals surface area contributed by atoms with Crippen LogP contribution in [0, 0.1) is 0 Å². The first-order valence-electron chi connectivity index (χ1n) is 7.13. The minimum atomic E-state index is 1.26. The molecule has 0 unspecified atom stereocenters. The monoisotopic (exact) mass is 272 g/mol. The van der Waals surface area contributed by atoms with Gasteiger partial charge >= 0.3 is 0 Å². The van der Waals surface area contributed by atoms with Gasteiger partial charge < -0.3 is 0 Å². The highest BCUT2D eigenvalue weighted by atomic mass is 14.1. The van der Waals surface area contributed by atoms with E-state index in [1.165, 1.54) is 22.3 Å². The van der Waals surface area contributed by atoms with Gasteiger partial charge in [0.05, 0.1) is 0 Å². The zero-order valence-electron chi connectivity index (χ0n) is 12.4. The van der Waals surface area contributed by atoms with E-state index in [1.807, 2.05) is 6.92 Å². The molecule has 21 heavy (non-hydrogen) atoms. The summed E-state index contributed by atoms with van der Waals surface area (Å²) in [5.41, 5.74) is 5.09. The fraction of sp³-hybridized carbons (Fsp3) is 0.0476. The second kappa shape index (κ2) is 7.86. The lowest BCUT2D eigenvalue weighted by Gasteiger charge is -2.09. The van der Waals surface area contributed by atoms with Crippen molar-refractivity contribution in [2.24, 2.45) is 0 Å². The van der Waals surface area contributed by atoms with Crippen LogP contribution in [-0.2, 0) is 0 Å². The molecule has 0 aliphatic rings. The quantitative estimate of drug-likeness (QED) is 0.486. The third kappa shape index (κ3) is 3.93. The lowest BCUT2D eigenvalue weighted by molar-refractivity contribution is 1.58. The SMILES string of the molecule is C=CC.c1ccc(-c2ccccc2-c2ccccc2)cc1. The van der Waals surface area contributed by atoms with Crippen molar-refractivity contribution < 1.29 is 0 Å². The normalized spacial score (nSPS) is 9.38. The summed E-state index contributed by atoms with van der Waals surface area (Å²) >= 11 is 0. The van der Waals surface area contributed by atoms with Gasteiger partial charge in [-0.3, -0.25) is 0 Å². The Kier molecular flexibility index (Phi) is 5.54. The fourth-order valence-corrected chi connectivity index (χ4v) is 2.22. The zero-order chi connectivity index (χ0) is 14.9. The summed E-state index contributed by atoms with van der Waals surface area (Å²) in [5.74, 6) is 0. The minimum Gasteiger partial charge on any atom is -0.103 e. The lowest BCUT2D eigenvalue weighted by Crippen LogP contribution is -1.83. The summed E-state index contributed by atoms with van der Waals surface area (Å²) in [5, 5.41) is 0. The molecule has 3 rings (SSSR count).